The van der Waals surface area contributed by atoms with Gasteiger partial charge in [0.2, 0.25) is 5.91 Å². The van der Waals surface area contributed by atoms with Crippen molar-refractivity contribution in [1.29, 1.82) is 0 Å². The van der Waals surface area contributed by atoms with Gasteiger partial charge in [0.15, 0.2) is 17.1 Å². The Morgan fingerprint density at radius 3 is 2.54 bits per heavy atom. The maximum Gasteiger partial charge on any atom is 0.216 e. The molecule has 0 aliphatic rings. The summed E-state index contributed by atoms with van der Waals surface area (Å²) in [4.78, 5) is 15.8. The average Bonchev–Trinajstić information content (AvgIpc) is 3.00. The van der Waals surface area contributed by atoms with Crippen molar-refractivity contribution in [2.45, 2.75) is 20.8 Å². The number of fused-ring (bicyclic) bond motifs is 1. The largest absolute Gasteiger partial charge is 0.493 e. The number of nitrogens with zero attached hydrogens (tertiary/aromatic N) is 3. The van der Waals surface area contributed by atoms with Gasteiger partial charge in [-0.2, -0.15) is 5.10 Å². The van der Waals surface area contributed by atoms with E-state index >= 15 is 0 Å². The summed E-state index contributed by atoms with van der Waals surface area (Å²) in [7, 11) is 3.23. The Bertz CT molecular complexity index is 1010. The zero-order valence-electron chi connectivity index (χ0n) is 16.8. The van der Waals surface area contributed by atoms with E-state index in [2.05, 4.69) is 15.7 Å². The van der Waals surface area contributed by atoms with E-state index in [0.29, 0.717) is 24.6 Å². The fourth-order valence-electron chi connectivity index (χ4n) is 3.13. The van der Waals surface area contributed by atoms with Crippen molar-refractivity contribution in [3.8, 4) is 22.8 Å². The van der Waals surface area contributed by atoms with E-state index in [1.807, 2.05) is 42.6 Å². The Balaban J connectivity index is 2.03. The van der Waals surface area contributed by atoms with Crippen molar-refractivity contribution >= 4 is 17.2 Å². The van der Waals surface area contributed by atoms with Crippen LogP contribution in [0.5, 0.6) is 11.5 Å². The second kappa shape index (κ2) is 8.16. The summed E-state index contributed by atoms with van der Waals surface area (Å²) in [6.45, 7) is 6.52. The fraction of sp³-hybridized carbons (Fsp3) is 0.350. The highest BCUT2D eigenvalue weighted by Gasteiger charge is 2.17. The number of hydrogen-bond donors (Lipinski definition) is 2. The van der Waals surface area contributed by atoms with Crippen LogP contribution in [0.3, 0.4) is 0 Å². The average molecular weight is 383 g/mol. The summed E-state index contributed by atoms with van der Waals surface area (Å²) in [5, 5.41) is 10.8. The zero-order valence-corrected chi connectivity index (χ0v) is 16.8. The molecule has 0 unspecified atom stereocenters. The molecule has 1 amide bonds. The van der Waals surface area contributed by atoms with Gasteiger partial charge in [0.1, 0.15) is 0 Å². The lowest BCUT2D eigenvalue weighted by Crippen LogP contribution is -2.26. The fourth-order valence-corrected chi connectivity index (χ4v) is 3.13. The number of aromatic nitrogens is 3. The van der Waals surface area contributed by atoms with Gasteiger partial charge in [-0.25, -0.2) is 9.50 Å². The van der Waals surface area contributed by atoms with Gasteiger partial charge in [-0.3, -0.25) is 4.79 Å². The SMILES string of the molecule is COc1ccc(-c2c(C)nc3c(NCCNC(C)=O)cc(C)nn23)cc1OC. The number of ether oxygens (including phenoxy) is 2. The number of amides is 1. The lowest BCUT2D eigenvalue weighted by atomic mass is 10.1. The monoisotopic (exact) mass is 383 g/mol. The molecule has 1 aromatic carbocycles. The lowest BCUT2D eigenvalue weighted by Gasteiger charge is -2.11. The maximum absolute atomic E-state index is 11.0. The minimum atomic E-state index is -0.0507. The Morgan fingerprint density at radius 1 is 1.11 bits per heavy atom. The number of anilines is 1. The summed E-state index contributed by atoms with van der Waals surface area (Å²) in [5.41, 5.74) is 5.14. The van der Waals surface area contributed by atoms with Crippen LogP contribution >= 0.6 is 0 Å². The van der Waals surface area contributed by atoms with Crippen LogP contribution in [0.15, 0.2) is 24.3 Å². The molecule has 0 atom stereocenters. The van der Waals surface area contributed by atoms with E-state index in [-0.39, 0.29) is 5.91 Å². The highest BCUT2D eigenvalue weighted by atomic mass is 16.5. The first-order valence-corrected chi connectivity index (χ1v) is 9.02. The Labute approximate surface area is 163 Å². The quantitative estimate of drug-likeness (QED) is 0.610. The van der Waals surface area contributed by atoms with Crippen molar-refractivity contribution < 1.29 is 14.3 Å². The highest BCUT2D eigenvalue weighted by molar-refractivity contribution is 5.76. The minimum absolute atomic E-state index is 0.0507. The molecule has 0 aliphatic carbocycles. The van der Waals surface area contributed by atoms with E-state index < -0.39 is 0 Å². The first kappa shape index (κ1) is 19.5. The molecule has 0 saturated carbocycles. The van der Waals surface area contributed by atoms with Crippen LogP contribution in [-0.4, -0.2) is 47.8 Å². The molecule has 8 nitrogen and oxygen atoms in total. The van der Waals surface area contributed by atoms with E-state index in [1.165, 1.54) is 6.92 Å². The molecule has 8 heteroatoms. The first-order valence-electron chi connectivity index (χ1n) is 9.02. The number of rotatable bonds is 7. The molecule has 28 heavy (non-hydrogen) atoms. The Kier molecular flexibility index (Phi) is 5.67. The third-order valence-electron chi connectivity index (χ3n) is 4.35. The van der Waals surface area contributed by atoms with Crippen LogP contribution in [0.1, 0.15) is 18.3 Å². The van der Waals surface area contributed by atoms with Crippen molar-refractivity contribution in [3.05, 3.63) is 35.7 Å². The van der Waals surface area contributed by atoms with Gasteiger partial charge < -0.3 is 20.1 Å². The van der Waals surface area contributed by atoms with E-state index in [4.69, 9.17) is 14.5 Å². The molecule has 0 saturated heterocycles. The normalized spacial score (nSPS) is 10.8. The molecule has 2 N–H and O–H groups in total. The summed E-state index contributed by atoms with van der Waals surface area (Å²) < 4.78 is 12.6. The molecule has 0 aliphatic heterocycles. The van der Waals surface area contributed by atoms with E-state index in [1.54, 1.807) is 14.2 Å². The predicted molar refractivity (Wildman–Crippen MR) is 108 cm³/mol. The van der Waals surface area contributed by atoms with Crippen LogP contribution in [0.4, 0.5) is 5.69 Å². The molecule has 0 spiro atoms. The van der Waals surface area contributed by atoms with Crippen LogP contribution in [0.25, 0.3) is 16.9 Å². The standard InChI is InChI=1S/C20H25N5O3/c1-12-10-16(22-9-8-21-14(3)26)20-23-13(2)19(25(20)24-12)15-6-7-17(27-4)18(11-15)28-5/h6-7,10-11,22H,8-9H2,1-5H3,(H,21,26). The highest BCUT2D eigenvalue weighted by Crippen LogP contribution is 2.34. The summed E-state index contributed by atoms with van der Waals surface area (Å²) in [6.07, 6.45) is 0. The van der Waals surface area contributed by atoms with Gasteiger partial charge in [0, 0.05) is 25.6 Å². The van der Waals surface area contributed by atoms with Gasteiger partial charge in [0.25, 0.3) is 0 Å². The van der Waals surface area contributed by atoms with Crippen molar-refractivity contribution in [2.75, 3.05) is 32.6 Å². The lowest BCUT2D eigenvalue weighted by molar-refractivity contribution is -0.118. The number of carbonyl (C=O) groups is 1. The number of carbonyl (C=O) groups excluding carboxylic acids is 1. The van der Waals surface area contributed by atoms with E-state index in [0.717, 1.165) is 34.0 Å². The number of imidazole rings is 1. The van der Waals surface area contributed by atoms with Crippen LogP contribution in [-0.2, 0) is 4.79 Å². The van der Waals surface area contributed by atoms with Gasteiger partial charge in [0.05, 0.1) is 37.0 Å². The summed E-state index contributed by atoms with van der Waals surface area (Å²) in [5.74, 6) is 1.27. The topological polar surface area (TPSA) is 89.8 Å². The second-order valence-corrected chi connectivity index (χ2v) is 6.46. The number of methoxy groups -OCH3 is 2. The van der Waals surface area contributed by atoms with Crippen molar-refractivity contribution in [3.63, 3.8) is 0 Å². The molecule has 0 fully saturated rings. The molecular weight excluding hydrogens is 358 g/mol. The number of hydrogen-bond acceptors (Lipinski definition) is 6. The third kappa shape index (κ3) is 3.85. The smallest absolute Gasteiger partial charge is 0.216 e. The first-order chi connectivity index (χ1) is 13.4. The maximum atomic E-state index is 11.0. The van der Waals surface area contributed by atoms with Gasteiger partial charge in [-0.1, -0.05) is 0 Å². The van der Waals surface area contributed by atoms with Crippen molar-refractivity contribution in [2.24, 2.45) is 0 Å². The molecule has 3 aromatic rings. The Hall–Kier alpha value is -3.29. The van der Waals surface area contributed by atoms with Gasteiger partial charge in [-0.05, 0) is 38.1 Å². The second-order valence-electron chi connectivity index (χ2n) is 6.46. The van der Waals surface area contributed by atoms with Crippen LogP contribution in [0, 0.1) is 13.8 Å². The zero-order chi connectivity index (χ0) is 20.3. The molecule has 2 aromatic heterocycles. The summed E-state index contributed by atoms with van der Waals surface area (Å²) in [6, 6.07) is 7.71. The van der Waals surface area contributed by atoms with Gasteiger partial charge in [-0.15, -0.1) is 0 Å². The molecular formula is C20H25N5O3. The van der Waals surface area contributed by atoms with Crippen LogP contribution < -0.4 is 20.1 Å². The Morgan fingerprint density at radius 2 is 1.86 bits per heavy atom. The summed E-state index contributed by atoms with van der Waals surface area (Å²) >= 11 is 0. The third-order valence-corrected chi connectivity index (χ3v) is 4.35. The number of nitrogens with one attached hydrogen (secondary N) is 2. The molecule has 0 radical (unpaired) electrons. The molecule has 3 rings (SSSR count). The van der Waals surface area contributed by atoms with E-state index in [9.17, 15) is 4.79 Å². The minimum Gasteiger partial charge on any atom is -0.493 e. The predicted octanol–water partition coefficient (Wildman–Crippen LogP) is 2.58. The molecule has 0 bridgehead atoms. The number of benzene rings is 1. The molecule has 148 valence electrons. The van der Waals surface area contributed by atoms with Crippen LogP contribution in [0.2, 0.25) is 0 Å². The van der Waals surface area contributed by atoms with Gasteiger partial charge >= 0.3 is 0 Å². The van der Waals surface area contributed by atoms with Crippen molar-refractivity contribution in [1.82, 2.24) is 19.9 Å². The number of aryl methyl sites for hydroxylation is 2. The molecule has 2 heterocycles.